The number of hydrogen-bond donors (Lipinski definition) is 1. The zero-order chi connectivity index (χ0) is 13.8. The Balaban J connectivity index is 1.81. The minimum atomic E-state index is 0.715. The molecular formula is C17H34N2. The average Bonchev–Trinajstić information content (AvgIpc) is 2.89. The molecule has 0 aromatic rings. The molecule has 19 heavy (non-hydrogen) atoms. The SMILES string of the molecule is CC1CCC(C(C)C)C(NCC(C)N2CCCC2)C1. The van der Waals surface area contributed by atoms with Gasteiger partial charge in [-0.1, -0.05) is 27.2 Å². The van der Waals surface area contributed by atoms with Gasteiger partial charge in [0.05, 0.1) is 0 Å². The third-order valence-corrected chi connectivity index (χ3v) is 5.46. The van der Waals surface area contributed by atoms with E-state index in [1.807, 2.05) is 0 Å². The molecule has 2 rings (SSSR count). The van der Waals surface area contributed by atoms with E-state index in [2.05, 4.69) is 37.9 Å². The summed E-state index contributed by atoms with van der Waals surface area (Å²) >= 11 is 0. The fraction of sp³-hybridized carbons (Fsp3) is 1.00. The van der Waals surface area contributed by atoms with Gasteiger partial charge in [-0.25, -0.2) is 0 Å². The van der Waals surface area contributed by atoms with E-state index >= 15 is 0 Å². The Morgan fingerprint density at radius 1 is 1.11 bits per heavy atom. The van der Waals surface area contributed by atoms with Crippen LogP contribution >= 0.6 is 0 Å². The molecule has 0 amide bonds. The van der Waals surface area contributed by atoms with Crippen LogP contribution < -0.4 is 5.32 Å². The highest BCUT2D eigenvalue weighted by Gasteiger charge is 2.30. The third kappa shape index (κ3) is 4.19. The molecule has 0 aromatic carbocycles. The zero-order valence-corrected chi connectivity index (χ0v) is 13.5. The lowest BCUT2D eigenvalue weighted by Gasteiger charge is -2.39. The molecule has 1 N–H and O–H groups in total. The van der Waals surface area contributed by atoms with E-state index in [1.165, 1.54) is 51.7 Å². The van der Waals surface area contributed by atoms with Gasteiger partial charge >= 0.3 is 0 Å². The molecule has 4 unspecified atom stereocenters. The molecule has 0 spiro atoms. The van der Waals surface area contributed by atoms with E-state index in [0.717, 1.165) is 23.8 Å². The lowest BCUT2D eigenvalue weighted by Crippen LogP contribution is -2.48. The molecule has 4 atom stereocenters. The number of hydrogen-bond acceptors (Lipinski definition) is 2. The molecule has 2 aliphatic rings. The molecule has 0 aromatic heterocycles. The molecule has 2 nitrogen and oxygen atoms in total. The third-order valence-electron chi connectivity index (χ3n) is 5.46. The molecule has 0 radical (unpaired) electrons. The fourth-order valence-electron chi connectivity index (χ4n) is 4.07. The Kier molecular flexibility index (Phi) is 5.70. The summed E-state index contributed by atoms with van der Waals surface area (Å²) in [5.41, 5.74) is 0. The Morgan fingerprint density at radius 3 is 2.42 bits per heavy atom. The van der Waals surface area contributed by atoms with Gasteiger partial charge in [-0.2, -0.15) is 0 Å². The second-order valence-corrected chi connectivity index (χ2v) is 7.43. The topological polar surface area (TPSA) is 15.3 Å². The minimum Gasteiger partial charge on any atom is -0.312 e. The van der Waals surface area contributed by atoms with Crippen LogP contribution in [0.3, 0.4) is 0 Å². The molecule has 1 heterocycles. The van der Waals surface area contributed by atoms with Crippen LogP contribution in [0.15, 0.2) is 0 Å². The van der Waals surface area contributed by atoms with Crippen molar-refractivity contribution in [3.8, 4) is 0 Å². The van der Waals surface area contributed by atoms with Gasteiger partial charge in [0, 0.05) is 18.6 Å². The Labute approximate surface area is 120 Å². The summed E-state index contributed by atoms with van der Waals surface area (Å²) < 4.78 is 0. The van der Waals surface area contributed by atoms with Crippen molar-refractivity contribution >= 4 is 0 Å². The van der Waals surface area contributed by atoms with Gasteiger partial charge in [0.2, 0.25) is 0 Å². The summed E-state index contributed by atoms with van der Waals surface area (Å²) in [6.45, 7) is 13.4. The van der Waals surface area contributed by atoms with E-state index in [1.54, 1.807) is 0 Å². The van der Waals surface area contributed by atoms with Crippen LogP contribution in [0.4, 0.5) is 0 Å². The normalized spacial score (nSPS) is 34.9. The summed E-state index contributed by atoms with van der Waals surface area (Å²) in [7, 11) is 0. The monoisotopic (exact) mass is 266 g/mol. The predicted molar refractivity (Wildman–Crippen MR) is 83.4 cm³/mol. The van der Waals surface area contributed by atoms with E-state index in [4.69, 9.17) is 0 Å². The maximum absolute atomic E-state index is 3.92. The van der Waals surface area contributed by atoms with Crippen LogP contribution in [0, 0.1) is 17.8 Å². The summed E-state index contributed by atoms with van der Waals surface area (Å²) in [5, 5.41) is 3.92. The van der Waals surface area contributed by atoms with Gasteiger partial charge in [0.1, 0.15) is 0 Å². The lowest BCUT2D eigenvalue weighted by atomic mass is 9.74. The maximum atomic E-state index is 3.92. The minimum absolute atomic E-state index is 0.715. The molecule has 1 aliphatic heterocycles. The molecule has 1 aliphatic carbocycles. The van der Waals surface area contributed by atoms with Crippen LogP contribution in [0.5, 0.6) is 0 Å². The first-order valence-electron chi connectivity index (χ1n) is 8.55. The highest BCUT2D eigenvalue weighted by molar-refractivity contribution is 4.87. The Bertz CT molecular complexity index is 258. The van der Waals surface area contributed by atoms with Crippen molar-refractivity contribution in [3.63, 3.8) is 0 Å². The van der Waals surface area contributed by atoms with Crippen molar-refractivity contribution in [1.29, 1.82) is 0 Å². The van der Waals surface area contributed by atoms with Crippen molar-refractivity contribution in [2.24, 2.45) is 17.8 Å². The van der Waals surface area contributed by atoms with Crippen LogP contribution in [-0.2, 0) is 0 Å². The van der Waals surface area contributed by atoms with E-state index in [0.29, 0.717) is 6.04 Å². The van der Waals surface area contributed by atoms with E-state index < -0.39 is 0 Å². The predicted octanol–water partition coefficient (Wildman–Crippen LogP) is 3.52. The Hall–Kier alpha value is -0.0800. The van der Waals surface area contributed by atoms with Crippen molar-refractivity contribution in [3.05, 3.63) is 0 Å². The fourth-order valence-corrected chi connectivity index (χ4v) is 4.07. The van der Waals surface area contributed by atoms with Crippen molar-refractivity contribution in [2.75, 3.05) is 19.6 Å². The van der Waals surface area contributed by atoms with E-state index in [-0.39, 0.29) is 0 Å². The largest absolute Gasteiger partial charge is 0.312 e. The van der Waals surface area contributed by atoms with Gasteiger partial charge < -0.3 is 5.32 Å². The molecule has 1 saturated carbocycles. The number of rotatable bonds is 5. The number of likely N-dealkylation sites (tertiary alicyclic amines) is 1. The van der Waals surface area contributed by atoms with Crippen LogP contribution in [-0.4, -0.2) is 36.6 Å². The summed E-state index contributed by atoms with van der Waals surface area (Å²) in [5.74, 6) is 2.63. The standard InChI is InChI=1S/C17H34N2/c1-13(2)16-8-7-14(3)11-17(16)18-12-15(4)19-9-5-6-10-19/h13-18H,5-12H2,1-4H3. The quantitative estimate of drug-likeness (QED) is 0.819. The van der Waals surface area contributed by atoms with Crippen molar-refractivity contribution < 1.29 is 0 Å². The molecule has 1 saturated heterocycles. The number of nitrogens with zero attached hydrogens (tertiary/aromatic N) is 1. The first-order valence-corrected chi connectivity index (χ1v) is 8.55. The average molecular weight is 266 g/mol. The van der Waals surface area contributed by atoms with Crippen molar-refractivity contribution in [2.45, 2.75) is 71.9 Å². The van der Waals surface area contributed by atoms with Gasteiger partial charge in [-0.05, 0) is 63.5 Å². The summed E-state index contributed by atoms with van der Waals surface area (Å²) in [6.07, 6.45) is 7.05. The highest BCUT2D eigenvalue weighted by atomic mass is 15.2. The Morgan fingerprint density at radius 2 is 1.79 bits per heavy atom. The molecule has 0 bridgehead atoms. The van der Waals surface area contributed by atoms with Crippen LogP contribution in [0.1, 0.15) is 59.8 Å². The van der Waals surface area contributed by atoms with Crippen LogP contribution in [0.25, 0.3) is 0 Å². The molecule has 2 fully saturated rings. The smallest absolute Gasteiger partial charge is 0.0192 e. The zero-order valence-electron chi connectivity index (χ0n) is 13.5. The first-order chi connectivity index (χ1) is 9.08. The highest BCUT2D eigenvalue weighted by Crippen LogP contribution is 2.33. The molecule has 112 valence electrons. The van der Waals surface area contributed by atoms with Crippen molar-refractivity contribution in [1.82, 2.24) is 10.2 Å². The molecular weight excluding hydrogens is 232 g/mol. The first kappa shape index (κ1) is 15.3. The van der Waals surface area contributed by atoms with Gasteiger partial charge in [0.15, 0.2) is 0 Å². The number of nitrogens with one attached hydrogen (secondary N) is 1. The maximum Gasteiger partial charge on any atom is 0.0192 e. The summed E-state index contributed by atoms with van der Waals surface area (Å²) in [6, 6.07) is 1.47. The van der Waals surface area contributed by atoms with Gasteiger partial charge in [-0.15, -0.1) is 0 Å². The summed E-state index contributed by atoms with van der Waals surface area (Å²) in [4.78, 5) is 2.66. The van der Waals surface area contributed by atoms with Gasteiger partial charge in [-0.3, -0.25) is 4.90 Å². The molecule has 2 heteroatoms. The second kappa shape index (κ2) is 7.08. The van der Waals surface area contributed by atoms with E-state index in [9.17, 15) is 0 Å². The van der Waals surface area contributed by atoms with Crippen LogP contribution in [0.2, 0.25) is 0 Å². The lowest BCUT2D eigenvalue weighted by molar-refractivity contribution is 0.156. The second-order valence-electron chi connectivity index (χ2n) is 7.43. The van der Waals surface area contributed by atoms with Gasteiger partial charge in [0.25, 0.3) is 0 Å².